The van der Waals surface area contributed by atoms with Gasteiger partial charge in [-0.25, -0.2) is 9.97 Å². The Labute approximate surface area is 124 Å². The molecule has 1 fully saturated rings. The molecule has 0 atom stereocenters. The topological polar surface area (TPSA) is 37.8 Å². The summed E-state index contributed by atoms with van der Waals surface area (Å²) in [5.74, 6) is 2.20. The van der Waals surface area contributed by atoms with E-state index in [0.29, 0.717) is 11.1 Å². The lowest BCUT2D eigenvalue weighted by Gasteiger charge is -2.08. The maximum absolute atomic E-state index is 6.05. The molecule has 1 N–H and O–H groups in total. The quantitative estimate of drug-likeness (QED) is 0.838. The van der Waals surface area contributed by atoms with Gasteiger partial charge >= 0.3 is 0 Å². The van der Waals surface area contributed by atoms with Crippen molar-refractivity contribution in [3.05, 3.63) is 52.4 Å². The van der Waals surface area contributed by atoms with Crippen molar-refractivity contribution in [3.8, 4) is 0 Å². The van der Waals surface area contributed by atoms with Crippen LogP contribution in [0.4, 0.5) is 5.82 Å². The summed E-state index contributed by atoms with van der Waals surface area (Å²) in [6, 6.07) is 10.4. The van der Waals surface area contributed by atoms with Gasteiger partial charge in [0.2, 0.25) is 0 Å². The Bertz CT molecular complexity index is 591. The van der Waals surface area contributed by atoms with Gasteiger partial charge in [-0.2, -0.15) is 0 Å². The number of hydrogen-bond donors (Lipinski definition) is 1. The van der Waals surface area contributed by atoms with E-state index in [0.717, 1.165) is 24.6 Å². The summed E-state index contributed by atoms with van der Waals surface area (Å²) in [7, 11) is 0. The molecule has 0 saturated heterocycles. The van der Waals surface area contributed by atoms with Gasteiger partial charge in [0.25, 0.3) is 0 Å². The highest BCUT2D eigenvalue weighted by molar-refractivity contribution is 6.29. The van der Waals surface area contributed by atoms with Gasteiger partial charge in [0.05, 0.1) is 0 Å². The first-order chi connectivity index (χ1) is 9.74. The number of rotatable bonds is 5. The van der Waals surface area contributed by atoms with Crippen LogP contribution in [0.1, 0.15) is 42.6 Å². The zero-order valence-corrected chi connectivity index (χ0v) is 12.3. The minimum atomic E-state index is 0.512. The van der Waals surface area contributed by atoms with Crippen LogP contribution < -0.4 is 5.32 Å². The lowest BCUT2D eigenvalue weighted by Crippen LogP contribution is -2.04. The van der Waals surface area contributed by atoms with Gasteiger partial charge in [-0.05, 0) is 30.4 Å². The molecule has 104 valence electrons. The molecule has 1 aliphatic carbocycles. The van der Waals surface area contributed by atoms with Gasteiger partial charge in [-0.1, -0.05) is 42.8 Å². The second-order valence-corrected chi connectivity index (χ2v) is 5.62. The van der Waals surface area contributed by atoms with Gasteiger partial charge in [-0.15, -0.1) is 0 Å². The molecule has 2 aromatic rings. The molecule has 4 heteroatoms. The van der Waals surface area contributed by atoms with Crippen molar-refractivity contribution in [2.45, 2.75) is 38.6 Å². The smallest absolute Gasteiger partial charge is 0.135 e. The first-order valence-corrected chi connectivity index (χ1v) is 7.48. The van der Waals surface area contributed by atoms with Crippen molar-refractivity contribution < 1.29 is 0 Å². The second-order valence-electron chi connectivity index (χ2n) is 5.23. The van der Waals surface area contributed by atoms with Crippen molar-refractivity contribution in [1.29, 1.82) is 0 Å². The van der Waals surface area contributed by atoms with E-state index < -0.39 is 0 Å². The molecule has 0 radical (unpaired) electrons. The molecule has 0 amide bonds. The Morgan fingerprint density at radius 3 is 2.50 bits per heavy atom. The lowest BCUT2D eigenvalue weighted by molar-refractivity contribution is 0.921. The summed E-state index contributed by atoms with van der Waals surface area (Å²) in [5, 5.41) is 3.85. The zero-order chi connectivity index (χ0) is 13.9. The Morgan fingerprint density at radius 1 is 1.15 bits per heavy atom. The highest BCUT2D eigenvalue weighted by Crippen LogP contribution is 2.38. The molecular weight excluding hydrogens is 270 g/mol. The molecule has 0 bridgehead atoms. The number of aromatic nitrogens is 2. The summed E-state index contributed by atoms with van der Waals surface area (Å²) in [5.41, 5.74) is 2.60. The largest absolute Gasteiger partial charge is 0.366 e. The molecule has 3 nitrogen and oxygen atoms in total. The molecule has 20 heavy (non-hydrogen) atoms. The van der Waals surface area contributed by atoms with E-state index in [9.17, 15) is 0 Å². The SMILES string of the molecule is CCc1ccc(CNc2cc(Cl)nc(C3CC3)n2)cc1. The van der Waals surface area contributed by atoms with Crippen molar-refractivity contribution in [2.75, 3.05) is 5.32 Å². The monoisotopic (exact) mass is 287 g/mol. The fourth-order valence-electron chi connectivity index (χ4n) is 2.14. The number of anilines is 1. The molecular formula is C16H18ClN3. The zero-order valence-electron chi connectivity index (χ0n) is 11.6. The third-order valence-corrected chi connectivity index (χ3v) is 3.75. The average molecular weight is 288 g/mol. The first-order valence-electron chi connectivity index (χ1n) is 7.11. The third-order valence-electron chi connectivity index (χ3n) is 3.56. The van der Waals surface area contributed by atoms with Crippen LogP contribution in [-0.2, 0) is 13.0 Å². The van der Waals surface area contributed by atoms with Crippen LogP contribution in [0.2, 0.25) is 5.15 Å². The normalized spacial score (nSPS) is 14.3. The Hall–Kier alpha value is -1.61. The Balaban J connectivity index is 1.67. The van der Waals surface area contributed by atoms with E-state index in [1.807, 2.05) is 0 Å². The van der Waals surface area contributed by atoms with Crippen molar-refractivity contribution >= 4 is 17.4 Å². The number of hydrogen-bond acceptors (Lipinski definition) is 3. The average Bonchev–Trinajstić information content (AvgIpc) is 3.30. The highest BCUT2D eigenvalue weighted by atomic mass is 35.5. The van der Waals surface area contributed by atoms with Crippen LogP contribution in [0.25, 0.3) is 0 Å². The summed E-state index contributed by atoms with van der Waals surface area (Å²) in [6.07, 6.45) is 3.43. The van der Waals surface area contributed by atoms with Crippen molar-refractivity contribution in [1.82, 2.24) is 9.97 Å². The molecule has 0 spiro atoms. The molecule has 1 saturated carbocycles. The van der Waals surface area contributed by atoms with E-state index in [2.05, 4.69) is 46.5 Å². The summed E-state index contributed by atoms with van der Waals surface area (Å²) >= 11 is 6.05. The van der Waals surface area contributed by atoms with Gasteiger partial charge in [0, 0.05) is 18.5 Å². The molecule has 1 aromatic carbocycles. The van der Waals surface area contributed by atoms with Crippen LogP contribution in [-0.4, -0.2) is 9.97 Å². The number of aryl methyl sites for hydroxylation is 1. The number of benzene rings is 1. The number of halogens is 1. The van der Waals surface area contributed by atoms with Crippen LogP contribution >= 0.6 is 11.6 Å². The molecule has 1 heterocycles. The molecule has 1 aliphatic rings. The molecule has 0 aliphatic heterocycles. The lowest BCUT2D eigenvalue weighted by atomic mass is 10.1. The highest BCUT2D eigenvalue weighted by Gasteiger charge is 2.27. The second kappa shape index (κ2) is 5.80. The summed E-state index contributed by atoms with van der Waals surface area (Å²) < 4.78 is 0. The summed E-state index contributed by atoms with van der Waals surface area (Å²) in [4.78, 5) is 8.83. The van der Waals surface area contributed by atoms with Crippen molar-refractivity contribution in [2.24, 2.45) is 0 Å². The van der Waals surface area contributed by atoms with Gasteiger partial charge in [0.1, 0.15) is 16.8 Å². The van der Waals surface area contributed by atoms with Crippen LogP contribution in [0.3, 0.4) is 0 Å². The van der Waals surface area contributed by atoms with Gasteiger partial charge in [-0.3, -0.25) is 0 Å². The van der Waals surface area contributed by atoms with Crippen LogP contribution in [0, 0.1) is 0 Å². The van der Waals surface area contributed by atoms with E-state index in [1.165, 1.54) is 24.0 Å². The van der Waals surface area contributed by atoms with E-state index in [1.54, 1.807) is 6.07 Å². The maximum Gasteiger partial charge on any atom is 0.135 e. The number of nitrogens with one attached hydrogen (secondary N) is 1. The van der Waals surface area contributed by atoms with Crippen LogP contribution in [0.15, 0.2) is 30.3 Å². The third kappa shape index (κ3) is 3.28. The first kappa shape index (κ1) is 13.4. The Kier molecular flexibility index (Phi) is 3.88. The fraction of sp³-hybridized carbons (Fsp3) is 0.375. The van der Waals surface area contributed by atoms with Gasteiger partial charge in [0.15, 0.2) is 0 Å². The van der Waals surface area contributed by atoms with E-state index in [4.69, 9.17) is 11.6 Å². The molecule has 0 unspecified atom stereocenters. The predicted molar refractivity (Wildman–Crippen MR) is 82.2 cm³/mol. The minimum absolute atomic E-state index is 0.512. The maximum atomic E-state index is 6.05. The molecule has 3 rings (SSSR count). The predicted octanol–water partition coefficient (Wildman–Crippen LogP) is 4.18. The number of nitrogens with zero attached hydrogens (tertiary/aromatic N) is 2. The Morgan fingerprint density at radius 2 is 1.85 bits per heavy atom. The van der Waals surface area contributed by atoms with Crippen LogP contribution in [0.5, 0.6) is 0 Å². The fourth-order valence-corrected chi connectivity index (χ4v) is 2.33. The summed E-state index contributed by atoms with van der Waals surface area (Å²) in [6.45, 7) is 2.91. The standard InChI is InChI=1S/C16H18ClN3/c1-2-11-3-5-12(6-4-11)10-18-15-9-14(17)19-16(20-15)13-7-8-13/h3-6,9,13H,2,7-8,10H2,1H3,(H,18,19,20). The molecule has 1 aromatic heterocycles. The minimum Gasteiger partial charge on any atom is -0.366 e. The van der Waals surface area contributed by atoms with E-state index >= 15 is 0 Å². The van der Waals surface area contributed by atoms with Crippen molar-refractivity contribution in [3.63, 3.8) is 0 Å². The van der Waals surface area contributed by atoms with Gasteiger partial charge < -0.3 is 5.32 Å². The van der Waals surface area contributed by atoms with E-state index in [-0.39, 0.29) is 0 Å².